The molecular weight excluding hydrogens is 302 g/mol. The van der Waals surface area contributed by atoms with E-state index in [1.807, 2.05) is 55.1 Å². The SMILES string of the molecule is Cc1ccn(-c2ccccc2CNc2ccc3nnc(C)n3n2)n1. The first-order chi connectivity index (χ1) is 11.7. The maximum absolute atomic E-state index is 4.51. The highest BCUT2D eigenvalue weighted by Crippen LogP contribution is 2.16. The van der Waals surface area contributed by atoms with Gasteiger partial charge in [-0.1, -0.05) is 18.2 Å². The quantitative estimate of drug-likeness (QED) is 0.626. The molecule has 0 saturated heterocycles. The van der Waals surface area contributed by atoms with Crippen LogP contribution in [0, 0.1) is 13.8 Å². The van der Waals surface area contributed by atoms with E-state index < -0.39 is 0 Å². The number of aryl methyl sites for hydroxylation is 2. The molecule has 0 atom stereocenters. The third kappa shape index (κ3) is 2.60. The molecule has 0 spiro atoms. The fourth-order valence-corrected chi connectivity index (χ4v) is 2.61. The van der Waals surface area contributed by atoms with Gasteiger partial charge in [0, 0.05) is 12.7 Å². The summed E-state index contributed by atoms with van der Waals surface area (Å²) >= 11 is 0. The molecule has 7 nitrogen and oxygen atoms in total. The number of nitrogens with zero attached hydrogens (tertiary/aromatic N) is 6. The van der Waals surface area contributed by atoms with Crippen LogP contribution < -0.4 is 5.32 Å². The Bertz CT molecular complexity index is 999. The smallest absolute Gasteiger partial charge is 0.178 e. The van der Waals surface area contributed by atoms with Gasteiger partial charge in [-0.2, -0.15) is 9.61 Å². The summed E-state index contributed by atoms with van der Waals surface area (Å²) in [4.78, 5) is 0. The highest BCUT2D eigenvalue weighted by Gasteiger charge is 2.07. The van der Waals surface area contributed by atoms with Crippen molar-refractivity contribution in [3.63, 3.8) is 0 Å². The number of rotatable bonds is 4. The summed E-state index contributed by atoms with van der Waals surface area (Å²) in [7, 11) is 0. The van der Waals surface area contributed by atoms with Crippen LogP contribution in [0.2, 0.25) is 0 Å². The number of nitrogens with one attached hydrogen (secondary N) is 1. The third-order valence-corrected chi connectivity index (χ3v) is 3.84. The summed E-state index contributed by atoms with van der Waals surface area (Å²) in [6.45, 7) is 4.51. The normalized spacial score (nSPS) is 11.1. The Kier molecular flexibility index (Phi) is 3.45. The van der Waals surface area contributed by atoms with E-state index in [4.69, 9.17) is 0 Å². The Balaban J connectivity index is 1.60. The molecule has 0 saturated carbocycles. The van der Waals surface area contributed by atoms with Crippen molar-refractivity contribution in [1.82, 2.24) is 29.6 Å². The summed E-state index contributed by atoms with van der Waals surface area (Å²) in [5.74, 6) is 1.54. The van der Waals surface area contributed by atoms with Crippen LogP contribution in [0.15, 0.2) is 48.7 Å². The van der Waals surface area contributed by atoms with Gasteiger partial charge in [0.2, 0.25) is 0 Å². The second-order valence-electron chi connectivity index (χ2n) is 5.62. The van der Waals surface area contributed by atoms with Gasteiger partial charge in [0.1, 0.15) is 5.82 Å². The van der Waals surface area contributed by atoms with Crippen molar-refractivity contribution in [3.8, 4) is 5.69 Å². The highest BCUT2D eigenvalue weighted by molar-refractivity contribution is 5.46. The van der Waals surface area contributed by atoms with Crippen molar-refractivity contribution < 1.29 is 0 Å². The van der Waals surface area contributed by atoms with Gasteiger partial charge in [0.25, 0.3) is 0 Å². The predicted octanol–water partition coefficient (Wildman–Crippen LogP) is 2.54. The zero-order valence-corrected chi connectivity index (χ0v) is 13.5. The number of aromatic nitrogens is 6. The lowest BCUT2D eigenvalue weighted by Crippen LogP contribution is -2.08. The Morgan fingerprint density at radius 2 is 1.83 bits per heavy atom. The van der Waals surface area contributed by atoms with E-state index in [0.717, 1.165) is 34.2 Å². The maximum atomic E-state index is 4.51. The molecule has 4 aromatic rings. The van der Waals surface area contributed by atoms with Crippen LogP contribution in [-0.4, -0.2) is 29.6 Å². The Hall–Kier alpha value is -3.22. The predicted molar refractivity (Wildman–Crippen MR) is 91.1 cm³/mol. The van der Waals surface area contributed by atoms with E-state index in [1.165, 1.54) is 0 Å². The zero-order chi connectivity index (χ0) is 16.5. The van der Waals surface area contributed by atoms with E-state index in [2.05, 4.69) is 37.8 Å². The lowest BCUT2D eigenvalue weighted by atomic mass is 10.2. The van der Waals surface area contributed by atoms with Gasteiger partial charge in [-0.25, -0.2) is 4.68 Å². The van der Waals surface area contributed by atoms with Crippen molar-refractivity contribution in [2.75, 3.05) is 5.32 Å². The maximum Gasteiger partial charge on any atom is 0.178 e. The molecule has 3 heterocycles. The minimum Gasteiger partial charge on any atom is -0.364 e. The van der Waals surface area contributed by atoms with Gasteiger partial charge < -0.3 is 5.32 Å². The molecule has 24 heavy (non-hydrogen) atoms. The number of benzene rings is 1. The summed E-state index contributed by atoms with van der Waals surface area (Å²) in [5, 5.41) is 20.4. The molecule has 7 heteroatoms. The molecule has 4 rings (SSSR count). The van der Waals surface area contributed by atoms with Gasteiger partial charge in [-0.15, -0.1) is 15.3 Å². The first kappa shape index (κ1) is 14.4. The topological polar surface area (TPSA) is 72.9 Å². The second-order valence-corrected chi connectivity index (χ2v) is 5.62. The summed E-state index contributed by atoms with van der Waals surface area (Å²) in [5.41, 5.74) is 3.93. The first-order valence-corrected chi connectivity index (χ1v) is 7.74. The van der Waals surface area contributed by atoms with E-state index in [0.29, 0.717) is 6.54 Å². The van der Waals surface area contributed by atoms with E-state index >= 15 is 0 Å². The molecule has 0 fully saturated rings. The molecule has 0 bridgehead atoms. The number of anilines is 1. The van der Waals surface area contributed by atoms with Crippen molar-refractivity contribution in [1.29, 1.82) is 0 Å². The summed E-state index contributed by atoms with van der Waals surface area (Å²) in [6, 6.07) is 14.0. The molecule has 0 amide bonds. The van der Waals surface area contributed by atoms with Gasteiger partial charge in [0.05, 0.1) is 11.4 Å². The van der Waals surface area contributed by atoms with Gasteiger partial charge in [0.15, 0.2) is 11.5 Å². The highest BCUT2D eigenvalue weighted by atomic mass is 15.4. The minimum atomic E-state index is 0.648. The van der Waals surface area contributed by atoms with Crippen LogP contribution in [0.25, 0.3) is 11.3 Å². The molecule has 1 aromatic carbocycles. The van der Waals surface area contributed by atoms with E-state index in [1.54, 1.807) is 4.52 Å². The van der Waals surface area contributed by atoms with Crippen molar-refractivity contribution in [2.45, 2.75) is 20.4 Å². The molecule has 0 aliphatic carbocycles. The monoisotopic (exact) mass is 319 g/mol. The average Bonchev–Trinajstić information content (AvgIpc) is 3.19. The van der Waals surface area contributed by atoms with Crippen LogP contribution in [0.3, 0.4) is 0 Å². The summed E-state index contributed by atoms with van der Waals surface area (Å²) < 4.78 is 3.62. The van der Waals surface area contributed by atoms with Crippen molar-refractivity contribution in [3.05, 3.63) is 65.7 Å². The van der Waals surface area contributed by atoms with E-state index in [-0.39, 0.29) is 0 Å². The van der Waals surface area contributed by atoms with E-state index in [9.17, 15) is 0 Å². The molecular formula is C17H17N7. The fraction of sp³-hybridized carbons (Fsp3) is 0.176. The molecule has 3 aromatic heterocycles. The van der Waals surface area contributed by atoms with Crippen molar-refractivity contribution in [2.24, 2.45) is 0 Å². The van der Waals surface area contributed by atoms with Crippen LogP contribution >= 0.6 is 0 Å². The average molecular weight is 319 g/mol. The second kappa shape index (κ2) is 5.77. The summed E-state index contributed by atoms with van der Waals surface area (Å²) in [6.07, 6.45) is 1.97. The molecule has 0 radical (unpaired) electrons. The number of fused-ring (bicyclic) bond motifs is 1. The third-order valence-electron chi connectivity index (χ3n) is 3.84. The zero-order valence-electron chi connectivity index (χ0n) is 13.5. The Morgan fingerprint density at radius 3 is 2.67 bits per heavy atom. The lowest BCUT2D eigenvalue weighted by Gasteiger charge is -2.11. The molecule has 120 valence electrons. The van der Waals surface area contributed by atoms with Crippen LogP contribution in [0.1, 0.15) is 17.1 Å². The molecule has 0 aliphatic rings. The number of hydrogen-bond acceptors (Lipinski definition) is 5. The minimum absolute atomic E-state index is 0.648. The van der Waals surface area contributed by atoms with Gasteiger partial charge in [-0.3, -0.25) is 0 Å². The lowest BCUT2D eigenvalue weighted by molar-refractivity contribution is 0.843. The van der Waals surface area contributed by atoms with Gasteiger partial charge >= 0.3 is 0 Å². The molecule has 1 N–H and O–H groups in total. The Labute approximate surface area is 139 Å². The Morgan fingerprint density at radius 1 is 0.958 bits per heavy atom. The van der Waals surface area contributed by atoms with Crippen LogP contribution in [0.5, 0.6) is 0 Å². The van der Waals surface area contributed by atoms with Gasteiger partial charge in [-0.05, 0) is 43.7 Å². The van der Waals surface area contributed by atoms with Crippen LogP contribution in [0.4, 0.5) is 5.82 Å². The standard InChI is InChI=1S/C17H17N7/c1-12-9-10-23(21-12)15-6-4-3-5-14(15)11-18-16-7-8-17-20-19-13(2)24(17)22-16/h3-10H,11H2,1-2H3,(H,18,22). The molecule has 0 unspecified atom stereocenters. The molecule has 0 aliphatic heterocycles. The van der Waals surface area contributed by atoms with Crippen molar-refractivity contribution >= 4 is 11.5 Å². The first-order valence-electron chi connectivity index (χ1n) is 7.74. The number of hydrogen-bond donors (Lipinski definition) is 1. The number of para-hydroxylation sites is 1. The van der Waals surface area contributed by atoms with Crippen LogP contribution in [-0.2, 0) is 6.54 Å². The largest absolute Gasteiger partial charge is 0.364 e. The fourth-order valence-electron chi connectivity index (χ4n) is 2.61.